The zero-order valence-corrected chi connectivity index (χ0v) is 12.7. The Labute approximate surface area is 123 Å². The lowest BCUT2D eigenvalue weighted by Gasteiger charge is -2.35. The number of hydrogen-bond acceptors (Lipinski definition) is 2. The van der Waals surface area contributed by atoms with Crippen LogP contribution in [0, 0.1) is 18.3 Å². The molecule has 0 saturated heterocycles. The summed E-state index contributed by atoms with van der Waals surface area (Å²) in [5, 5.41) is 0. The summed E-state index contributed by atoms with van der Waals surface area (Å²) in [6.45, 7) is 6.12. The number of aryl methyl sites for hydroxylation is 1. The van der Waals surface area contributed by atoms with Crippen LogP contribution in [0.5, 0.6) is 0 Å². The quantitative estimate of drug-likeness (QED) is 0.643. The Morgan fingerprint density at radius 3 is 2.43 bits per heavy atom. The third kappa shape index (κ3) is 3.24. The monoisotopic (exact) mass is 300 g/mol. The Kier molecular flexibility index (Phi) is 4.36. The van der Waals surface area contributed by atoms with E-state index in [9.17, 15) is 13.2 Å². The van der Waals surface area contributed by atoms with Crippen LogP contribution in [-0.2, 0) is 6.18 Å². The first-order valence-corrected chi connectivity index (χ1v) is 7.30. The molecule has 21 heavy (non-hydrogen) atoms. The molecule has 0 amide bonds. The molecule has 1 saturated carbocycles. The molecule has 1 aromatic rings. The molecule has 0 heterocycles. The van der Waals surface area contributed by atoms with Gasteiger partial charge in [0.15, 0.2) is 0 Å². The van der Waals surface area contributed by atoms with Crippen molar-refractivity contribution >= 4 is 0 Å². The number of benzene rings is 1. The summed E-state index contributed by atoms with van der Waals surface area (Å²) in [4.78, 5) is 0. The van der Waals surface area contributed by atoms with Crippen molar-refractivity contribution in [2.45, 2.75) is 52.3 Å². The SMILES string of the molecule is Cc1cc(C(F)(F)F)ccc1C(NN)C1CCCC1(C)C. The van der Waals surface area contributed by atoms with Crippen molar-refractivity contribution in [2.75, 3.05) is 0 Å². The largest absolute Gasteiger partial charge is 0.416 e. The maximum atomic E-state index is 12.8. The Balaban J connectivity index is 2.35. The summed E-state index contributed by atoms with van der Waals surface area (Å²) in [6.07, 6.45) is -1.01. The molecule has 0 aliphatic heterocycles. The van der Waals surface area contributed by atoms with Crippen LogP contribution in [-0.4, -0.2) is 0 Å². The van der Waals surface area contributed by atoms with Gasteiger partial charge in [0.25, 0.3) is 0 Å². The number of nitrogens with two attached hydrogens (primary N) is 1. The normalized spacial score (nSPS) is 23.3. The van der Waals surface area contributed by atoms with Gasteiger partial charge in [-0.1, -0.05) is 26.3 Å². The van der Waals surface area contributed by atoms with E-state index >= 15 is 0 Å². The van der Waals surface area contributed by atoms with Crippen LogP contribution in [0.1, 0.15) is 55.8 Å². The van der Waals surface area contributed by atoms with Gasteiger partial charge >= 0.3 is 6.18 Å². The maximum Gasteiger partial charge on any atom is 0.416 e. The lowest BCUT2D eigenvalue weighted by atomic mass is 9.75. The van der Waals surface area contributed by atoms with E-state index in [0.717, 1.165) is 30.9 Å². The van der Waals surface area contributed by atoms with Crippen LogP contribution in [0.4, 0.5) is 13.2 Å². The second kappa shape index (κ2) is 5.61. The van der Waals surface area contributed by atoms with Crippen molar-refractivity contribution in [3.63, 3.8) is 0 Å². The molecule has 0 bridgehead atoms. The van der Waals surface area contributed by atoms with Crippen LogP contribution in [0.3, 0.4) is 0 Å². The van der Waals surface area contributed by atoms with E-state index in [2.05, 4.69) is 19.3 Å². The van der Waals surface area contributed by atoms with Gasteiger partial charge in [0.2, 0.25) is 0 Å². The first-order chi connectivity index (χ1) is 9.66. The second-order valence-electron chi connectivity index (χ2n) is 6.70. The zero-order chi connectivity index (χ0) is 15.8. The molecular weight excluding hydrogens is 277 g/mol. The molecule has 2 unspecified atom stereocenters. The number of rotatable bonds is 3. The van der Waals surface area contributed by atoms with Crippen molar-refractivity contribution in [3.8, 4) is 0 Å². The molecule has 2 rings (SSSR count). The zero-order valence-electron chi connectivity index (χ0n) is 12.7. The van der Waals surface area contributed by atoms with Gasteiger partial charge in [0.1, 0.15) is 0 Å². The average molecular weight is 300 g/mol. The Bertz CT molecular complexity index is 509. The summed E-state index contributed by atoms with van der Waals surface area (Å²) >= 11 is 0. The molecule has 1 fully saturated rings. The highest BCUT2D eigenvalue weighted by Gasteiger charge is 2.40. The third-order valence-corrected chi connectivity index (χ3v) is 4.85. The molecule has 0 spiro atoms. The van der Waals surface area contributed by atoms with Gasteiger partial charge in [-0.2, -0.15) is 13.2 Å². The van der Waals surface area contributed by atoms with Crippen molar-refractivity contribution in [1.82, 2.24) is 5.43 Å². The predicted octanol–water partition coefficient (Wildman–Crippen LogP) is 4.34. The maximum absolute atomic E-state index is 12.8. The first-order valence-electron chi connectivity index (χ1n) is 7.30. The average Bonchev–Trinajstić information content (AvgIpc) is 2.71. The topological polar surface area (TPSA) is 38.0 Å². The van der Waals surface area contributed by atoms with Crippen LogP contribution in [0.25, 0.3) is 0 Å². The number of alkyl halides is 3. The molecule has 1 aromatic carbocycles. The predicted molar refractivity (Wildman–Crippen MR) is 77.4 cm³/mol. The van der Waals surface area contributed by atoms with E-state index < -0.39 is 11.7 Å². The highest BCUT2D eigenvalue weighted by molar-refractivity contribution is 5.35. The van der Waals surface area contributed by atoms with Crippen molar-refractivity contribution in [2.24, 2.45) is 17.2 Å². The number of hydrazine groups is 1. The minimum Gasteiger partial charge on any atom is -0.271 e. The lowest BCUT2D eigenvalue weighted by Crippen LogP contribution is -2.38. The molecule has 118 valence electrons. The van der Waals surface area contributed by atoms with E-state index in [0.29, 0.717) is 11.5 Å². The van der Waals surface area contributed by atoms with Crippen molar-refractivity contribution in [3.05, 3.63) is 34.9 Å². The minimum absolute atomic E-state index is 0.107. The van der Waals surface area contributed by atoms with E-state index in [1.807, 2.05) is 0 Å². The number of halogens is 3. The molecule has 2 atom stereocenters. The van der Waals surface area contributed by atoms with Gasteiger partial charge in [-0.05, 0) is 54.4 Å². The molecule has 0 aromatic heterocycles. The van der Waals surface area contributed by atoms with Gasteiger partial charge in [0, 0.05) is 6.04 Å². The fourth-order valence-electron chi connectivity index (χ4n) is 3.60. The fraction of sp³-hybridized carbons (Fsp3) is 0.625. The van der Waals surface area contributed by atoms with Gasteiger partial charge in [-0.25, -0.2) is 0 Å². The third-order valence-electron chi connectivity index (χ3n) is 4.85. The van der Waals surface area contributed by atoms with Gasteiger partial charge in [0.05, 0.1) is 5.56 Å². The Morgan fingerprint density at radius 2 is 2.00 bits per heavy atom. The van der Waals surface area contributed by atoms with Crippen LogP contribution >= 0.6 is 0 Å². The highest BCUT2D eigenvalue weighted by atomic mass is 19.4. The summed E-state index contributed by atoms with van der Waals surface area (Å²) in [5.74, 6) is 6.06. The van der Waals surface area contributed by atoms with Crippen LogP contribution in [0.15, 0.2) is 18.2 Å². The summed E-state index contributed by atoms with van der Waals surface area (Å²) in [7, 11) is 0. The Morgan fingerprint density at radius 1 is 1.33 bits per heavy atom. The van der Waals surface area contributed by atoms with Crippen molar-refractivity contribution < 1.29 is 13.2 Å². The summed E-state index contributed by atoms with van der Waals surface area (Å²) in [5.41, 5.74) is 3.87. The second-order valence-corrected chi connectivity index (χ2v) is 6.70. The molecule has 1 aliphatic rings. The minimum atomic E-state index is -4.30. The molecule has 5 heteroatoms. The summed E-state index contributed by atoms with van der Waals surface area (Å²) < 4.78 is 38.3. The van der Waals surface area contributed by atoms with E-state index in [1.165, 1.54) is 6.07 Å². The van der Waals surface area contributed by atoms with E-state index in [4.69, 9.17) is 5.84 Å². The Hall–Kier alpha value is -1.07. The van der Waals surface area contributed by atoms with Gasteiger partial charge in [-0.3, -0.25) is 11.3 Å². The van der Waals surface area contributed by atoms with Gasteiger partial charge < -0.3 is 0 Å². The molecular formula is C16H23F3N2. The standard InChI is InChI=1S/C16H23F3N2/c1-10-9-11(16(17,18)19)6-7-12(10)14(21-20)13-5-4-8-15(13,2)3/h6-7,9,13-14,21H,4-5,8,20H2,1-3H3. The van der Waals surface area contributed by atoms with E-state index in [1.54, 1.807) is 13.0 Å². The summed E-state index contributed by atoms with van der Waals surface area (Å²) in [6, 6.07) is 3.82. The molecule has 3 N–H and O–H groups in total. The number of hydrogen-bond donors (Lipinski definition) is 2. The smallest absolute Gasteiger partial charge is 0.271 e. The highest BCUT2D eigenvalue weighted by Crippen LogP contribution is 2.49. The van der Waals surface area contributed by atoms with Gasteiger partial charge in [-0.15, -0.1) is 0 Å². The molecule has 1 aliphatic carbocycles. The fourth-order valence-corrected chi connectivity index (χ4v) is 3.60. The van der Waals surface area contributed by atoms with Crippen LogP contribution < -0.4 is 11.3 Å². The molecule has 0 radical (unpaired) electrons. The molecule has 2 nitrogen and oxygen atoms in total. The van der Waals surface area contributed by atoms with Crippen LogP contribution in [0.2, 0.25) is 0 Å². The first kappa shape index (κ1) is 16.3. The lowest BCUT2D eigenvalue weighted by molar-refractivity contribution is -0.137. The number of nitrogens with one attached hydrogen (secondary N) is 1. The van der Waals surface area contributed by atoms with Crippen molar-refractivity contribution in [1.29, 1.82) is 0 Å². The van der Waals surface area contributed by atoms with E-state index in [-0.39, 0.29) is 11.5 Å².